The third kappa shape index (κ3) is 4.95. The molecule has 0 saturated carbocycles. The number of nitrogens with zero attached hydrogens (tertiary/aromatic N) is 1. The number of nitrogens with two attached hydrogens (primary N) is 1. The molecule has 4 heteroatoms. The molecule has 0 spiro atoms. The lowest BCUT2D eigenvalue weighted by molar-refractivity contribution is -0.159. The highest BCUT2D eigenvalue weighted by Gasteiger charge is 2.24. The van der Waals surface area contributed by atoms with Gasteiger partial charge in [0.05, 0.1) is 5.92 Å². The van der Waals surface area contributed by atoms with E-state index >= 15 is 0 Å². The number of rotatable bonds is 4. The SMILES string of the molecule is CC(C)(C)OC(=O)C(CN)Cc1cccnc1. The molecule has 0 amide bonds. The number of hydrogen-bond acceptors (Lipinski definition) is 4. The average Bonchev–Trinajstić information content (AvgIpc) is 2.24. The first kappa shape index (κ1) is 13.6. The molecule has 2 N–H and O–H groups in total. The predicted molar refractivity (Wildman–Crippen MR) is 66.3 cm³/mol. The Morgan fingerprint density at radius 1 is 1.53 bits per heavy atom. The fraction of sp³-hybridized carbons (Fsp3) is 0.538. The minimum Gasteiger partial charge on any atom is -0.460 e. The van der Waals surface area contributed by atoms with Crippen molar-refractivity contribution in [1.82, 2.24) is 4.98 Å². The Balaban J connectivity index is 2.63. The van der Waals surface area contributed by atoms with Crippen LogP contribution < -0.4 is 5.73 Å². The van der Waals surface area contributed by atoms with Gasteiger partial charge in [0.25, 0.3) is 0 Å². The van der Waals surface area contributed by atoms with Gasteiger partial charge in [0.1, 0.15) is 5.60 Å². The Hall–Kier alpha value is -1.42. The van der Waals surface area contributed by atoms with Gasteiger partial charge in [-0.3, -0.25) is 9.78 Å². The van der Waals surface area contributed by atoms with Crippen molar-refractivity contribution in [2.45, 2.75) is 32.8 Å². The van der Waals surface area contributed by atoms with E-state index in [1.165, 1.54) is 0 Å². The van der Waals surface area contributed by atoms with E-state index < -0.39 is 5.60 Å². The van der Waals surface area contributed by atoms with Gasteiger partial charge >= 0.3 is 5.97 Å². The summed E-state index contributed by atoms with van der Waals surface area (Å²) in [7, 11) is 0. The number of aromatic nitrogens is 1. The Morgan fingerprint density at radius 2 is 2.24 bits per heavy atom. The van der Waals surface area contributed by atoms with Gasteiger partial charge in [-0.15, -0.1) is 0 Å². The zero-order chi connectivity index (χ0) is 12.9. The number of esters is 1. The van der Waals surface area contributed by atoms with Crippen molar-refractivity contribution in [2.24, 2.45) is 11.7 Å². The van der Waals surface area contributed by atoms with Crippen LogP contribution in [0.5, 0.6) is 0 Å². The smallest absolute Gasteiger partial charge is 0.311 e. The van der Waals surface area contributed by atoms with Crippen LogP contribution in [0.15, 0.2) is 24.5 Å². The van der Waals surface area contributed by atoms with Gasteiger partial charge < -0.3 is 10.5 Å². The molecule has 1 heterocycles. The second-order valence-corrected chi connectivity index (χ2v) is 5.03. The molecule has 1 rings (SSSR count). The number of ether oxygens (including phenoxy) is 1. The highest BCUT2D eigenvalue weighted by atomic mass is 16.6. The van der Waals surface area contributed by atoms with Crippen molar-refractivity contribution in [1.29, 1.82) is 0 Å². The van der Waals surface area contributed by atoms with E-state index in [1.54, 1.807) is 12.4 Å². The van der Waals surface area contributed by atoms with Crippen molar-refractivity contribution >= 4 is 5.97 Å². The summed E-state index contributed by atoms with van der Waals surface area (Å²) in [5.41, 5.74) is 6.14. The third-order valence-corrected chi connectivity index (χ3v) is 2.23. The Bertz CT molecular complexity index is 357. The molecule has 0 aliphatic heterocycles. The van der Waals surface area contributed by atoms with Gasteiger partial charge in [0.2, 0.25) is 0 Å². The van der Waals surface area contributed by atoms with Gasteiger partial charge in [-0.05, 0) is 38.8 Å². The van der Waals surface area contributed by atoms with Crippen LogP contribution in [-0.4, -0.2) is 23.1 Å². The molecule has 1 aromatic heterocycles. The molecular weight excluding hydrogens is 216 g/mol. The van der Waals surface area contributed by atoms with Crippen molar-refractivity contribution in [3.63, 3.8) is 0 Å². The van der Waals surface area contributed by atoms with Gasteiger partial charge in [-0.1, -0.05) is 6.07 Å². The zero-order valence-electron chi connectivity index (χ0n) is 10.6. The molecule has 0 aliphatic rings. The lowest BCUT2D eigenvalue weighted by atomic mass is 10.0. The molecule has 1 aromatic rings. The number of pyridine rings is 1. The molecule has 1 atom stereocenters. The number of hydrogen-bond donors (Lipinski definition) is 1. The highest BCUT2D eigenvalue weighted by Crippen LogP contribution is 2.14. The van der Waals surface area contributed by atoms with Crippen LogP contribution in [0.2, 0.25) is 0 Å². The topological polar surface area (TPSA) is 65.2 Å². The summed E-state index contributed by atoms with van der Waals surface area (Å²) in [4.78, 5) is 15.9. The lowest BCUT2D eigenvalue weighted by Gasteiger charge is -2.23. The highest BCUT2D eigenvalue weighted by molar-refractivity contribution is 5.73. The summed E-state index contributed by atoms with van der Waals surface area (Å²) in [5.74, 6) is -0.553. The maximum atomic E-state index is 11.9. The zero-order valence-corrected chi connectivity index (χ0v) is 10.6. The summed E-state index contributed by atoms with van der Waals surface area (Å²) >= 11 is 0. The maximum Gasteiger partial charge on any atom is 0.311 e. The van der Waals surface area contributed by atoms with Gasteiger partial charge in [-0.25, -0.2) is 0 Å². The van der Waals surface area contributed by atoms with Crippen molar-refractivity contribution in [3.05, 3.63) is 30.1 Å². The maximum absolute atomic E-state index is 11.9. The summed E-state index contributed by atoms with van der Waals surface area (Å²) < 4.78 is 5.32. The molecule has 0 saturated heterocycles. The van der Waals surface area contributed by atoms with Crippen molar-refractivity contribution in [3.8, 4) is 0 Å². The van der Waals surface area contributed by atoms with Gasteiger partial charge in [-0.2, -0.15) is 0 Å². The quantitative estimate of drug-likeness (QED) is 0.805. The first-order valence-corrected chi connectivity index (χ1v) is 5.74. The molecule has 4 nitrogen and oxygen atoms in total. The van der Waals surface area contributed by atoms with E-state index in [0.717, 1.165) is 5.56 Å². The molecular formula is C13H20N2O2. The second-order valence-electron chi connectivity index (χ2n) is 5.03. The monoisotopic (exact) mass is 236 g/mol. The molecule has 0 bridgehead atoms. The van der Waals surface area contributed by atoms with Crippen molar-refractivity contribution < 1.29 is 9.53 Å². The third-order valence-electron chi connectivity index (χ3n) is 2.23. The summed E-state index contributed by atoms with van der Waals surface area (Å²) in [6.07, 6.45) is 4.01. The van der Waals surface area contributed by atoms with Crippen molar-refractivity contribution in [2.75, 3.05) is 6.54 Å². The average molecular weight is 236 g/mol. The van der Waals surface area contributed by atoms with E-state index in [9.17, 15) is 4.79 Å². The molecule has 1 unspecified atom stereocenters. The second kappa shape index (κ2) is 5.77. The summed E-state index contributed by atoms with van der Waals surface area (Å²) in [6, 6.07) is 3.78. The first-order chi connectivity index (χ1) is 7.92. The van der Waals surface area contributed by atoms with Crippen LogP contribution in [0.1, 0.15) is 26.3 Å². The van der Waals surface area contributed by atoms with Crippen LogP contribution >= 0.6 is 0 Å². The number of carbonyl (C=O) groups is 1. The first-order valence-electron chi connectivity index (χ1n) is 5.74. The lowest BCUT2D eigenvalue weighted by Crippen LogP contribution is -2.33. The fourth-order valence-electron chi connectivity index (χ4n) is 1.45. The summed E-state index contributed by atoms with van der Waals surface area (Å²) in [6.45, 7) is 5.83. The molecule has 0 aliphatic carbocycles. The predicted octanol–water partition coefficient (Wildman–Crippen LogP) is 1.54. The molecule has 94 valence electrons. The minimum absolute atomic E-state index is 0.246. The van der Waals surface area contributed by atoms with Crippen LogP contribution in [0.3, 0.4) is 0 Å². The van der Waals surface area contributed by atoms with E-state index in [-0.39, 0.29) is 18.4 Å². The van der Waals surface area contributed by atoms with E-state index in [4.69, 9.17) is 10.5 Å². The van der Waals surface area contributed by atoms with E-state index in [0.29, 0.717) is 6.42 Å². The molecule has 0 radical (unpaired) electrons. The van der Waals surface area contributed by atoms with Crippen LogP contribution in [0.25, 0.3) is 0 Å². The van der Waals surface area contributed by atoms with Crippen LogP contribution in [0, 0.1) is 5.92 Å². The number of carbonyl (C=O) groups excluding carboxylic acids is 1. The fourth-order valence-corrected chi connectivity index (χ4v) is 1.45. The Labute approximate surface area is 102 Å². The Kier molecular flexibility index (Phi) is 4.63. The van der Waals surface area contributed by atoms with Gasteiger partial charge in [0.15, 0.2) is 0 Å². The molecule has 17 heavy (non-hydrogen) atoms. The Morgan fingerprint density at radius 3 is 2.71 bits per heavy atom. The molecule has 0 fully saturated rings. The standard InChI is InChI=1S/C13H20N2O2/c1-13(2,3)17-12(16)11(8-14)7-10-5-4-6-15-9-10/h4-6,9,11H,7-8,14H2,1-3H3. The normalized spacial score (nSPS) is 13.2. The summed E-state index contributed by atoms with van der Waals surface area (Å²) in [5, 5.41) is 0. The van der Waals surface area contributed by atoms with Gasteiger partial charge in [0, 0.05) is 18.9 Å². The largest absolute Gasteiger partial charge is 0.460 e. The minimum atomic E-state index is -0.473. The van der Waals surface area contributed by atoms with Crippen LogP contribution in [-0.2, 0) is 16.0 Å². The van der Waals surface area contributed by atoms with E-state index in [1.807, 2.05) is 32.9 Å². The van der Waals surface area contributed by atoms with E-state index in [2.05, 4.69) is 4.98 Å². The molecule has 0 aromatic carbocycles. The van der Waals surface area contributed by atoms with Crippen LogP contribution in [0.4, 0.5) is 0 Å².